The van der Waals surface area contributed by atoms with Crippen molar-refractivity contribution >= 4 is 27.3 Å². The normalized spacial score (nSPS) is 20.0. The van der Waals surface area contributed by atoms with Crippen LogP contribution in [0.25, 0.3) is 0 Å². The van der Waals surface area contributed by atoms with Crippen LogP contribution in [0.1, 0.15) is 50.5 Å². The van der Waals surface area contributed by atoms with Crippen LogP contribution in [0, 0.1) is 0 Å². The molecule has 1 heterocycles. The van der Waals surface area contributed by atoms with Gasteiger partial charge in [-0.1, -0.05) is 31.4 Å². The zero-order valence-corrected chi connectivity index (χ0v) is 16.6. The number of amides is 1. The molecular weight excluding hydrogens is 376 g/mol. The first-order chi connectivity index (χ1) is 13.4. The van der Waals surface area contributed by atoms with Crippen molar-refractivity contribution in [1.29, 1.82) is 0 Å². The van der Waals surface area contributed by atoms with Crippen molar-refractivity contribution in [3.8, 4) is 5.75 Å². The maximum absolute atomic E-state index is 12.7. The van der Waals surface area contributed by atoms with Crippen LogP contribution >= 0.6 is 0 Å². The van der Waals surface area contributed by atoms with Crippen LogP contribution in [-0.4, -0.2) is 20.4 Å². The minimum atomic E-state index is -3.72. The van der Waals surface area contributed by atoms with Crippen LogP contribution in [0.4, 0.5) is 11.4 Å². The fourth-order valence-electron chi connectivity index (χ4n) is 3.84. The molecule has 1 aliphatic carbocycles. The molecule has 1 amide bonds. The Labute approximate surface area is 165 Å². The van der Waals surface area contributed by atoms with Crippen LogP contribution in [0.15, 0.2) is 47.4 Å². The number of carbonyl (C=O) groups excluding carboxylic acids is 1. The van der Waals surface area contributed by atoms with Gasteiger partial charge in [0.2, 0.25) is 0 Å². The third-order valence-electron chi connectivity index (χ3n) is 5.43. The van der Waals surface area contributed by atoms with Gasteiger partial charge in [-0.3, -0.25) is 9.52 Å². The van der Waals surface area contributed by atoms with E-state index in [0.717, 1.165) is 0 Å². The second kappa shape index (κ2) is 7.47. The lowest BCUT2D eigenvalue weighted by Crippen LogP contribution is -2.34. The Balaban J connectivity index is 1.51. The average molecular weight is 401 g/mol. The summed E-state index contributed by atoms with van der Waals surface area (Å²) in [6, 6.07) is 12.0. The van der Waals surface area contributed by atoms with Gasteiger partial charge in [0.05, 0.1) is 16.3 Å². The molecule has 1 fully saturated rings. The first kappa shape index (κ1) is 18.8. The fourth-order valence-corrected chi connectivity index (χ4v) is 4.89. The molecule has 2 aliphatic rings. The number of nitrogens with one attached hydrogen (secondary N) is 2. The van der Waals surface area contributed by atoms with Gasteiger partial charge in [0.25, 0.3) is 15.9 Å². The molecule has 1 saturated carbocycles. The maximum atomic E-state index is 12.7. The van der Waals surface area contributed by atoms with E-state index < -0.39 is 16.1 Å². The van der Waals surface area contributed by atoms with E-state index in [1.807, 2.05) is 12.1 Å². The quantitative estimate of drug-likeness (QED) is 0.803. The summed E-state index contributed by atoms with van der Waals surface area (Å²) in [7, 11) is -3.72. The number of sulfonamides is 1. The second-order valence-electron chi connectivity index (χ2n) is 7.47. The standard InChI is InChI=1S/C21H24N2O4S/c1-14-21(24)22-19-13-17(9-12-20(19)27-14)23-28(25,26)18-10-7-16(8-11-18)15-5-3-2-4-6-15/h7-15,23H,2-6H2,1H3,(H,22,24). The predicted molar refractivity (Wildman–Crippen MR) is 108 cm³/mol. The molecule has 0 radical (unpaired) electrons. The Kier molecular flexibility index (Phi) is 5.02. The van der Waals surface area contributed by atoms with Crippen molar-refractivity contribution in [3.05, 3.63) is 48.0 Å². The molecule has 1 atom stereocenters. The van der Waals surface area contributed by atoms with Gasteiger partial charge in [0, 0.05) is 0 Å². The Morgan fingerprint density at radius 2 is 1.75 bits per heavy atom. The number of carbonyl (C=O) groups is 1. The van der Waals surface area contributed by atoms with E-state index in [9.17, 15) is 13.2 Å². The lowest BCUT2D eigenvalue weighted by molar-refractivity contribution is -0.122. The molecule has 1 aliphatic heterocycles. The monoisotopic (exact) mass is 400 g/mol. The van der Waals surface area contributed by atoms with Crippen molar-refractivity contribution in [2.45, 2.75) is 55.9 Å². The average Bonchev–Trinajstić information content (AvgIpc) is 2.70. The zero-order valence-electron chi connectivity index (χ0n) is 15.8. The van der Waals surface area contributed by atoms with Crippen molar-refractivity contribution in [1.82, 2.24) is 0 Å². The van der Waals surface area contributed by atoms with Gasteiger partial charge in [-0.2, -0.15) is 0 Å². The predicted octanol–water partition coefficient (Wildman–Crippen LogP) is 4.25. The topological polar surface area (TPSA) is 84.5 Å². The van der Waals surface area contributed by atoms with E-state index >= 15 is 0 Å². The maximum Gasteiger partial charge on any atom is 0.265 e. The fraction of sp³-hybridized carbons (Fsp3) is 0.381. The summed E-state index contributed by atoms with van der Waals surface area (Å²) < 4.78 is 33.6. The minimum Gasteiger partial charge on any atom is -0.479 e. The molecule has 2 aromatic rings. The number of hydrogen-bond acceptors (Lipinski definition) is 4. The third kappa shape index (κ3) is 3.85. The van der Waals surface area contributed by atoms with E-state index in [2.05, 4.69) is 10.0 Å². The zero-order chi connectivity index (χ0) is 19.7. The van der Waals surface area contributed by atoms with Crippen LogP contribution in [0.2, 0.25) is 0 Å². The number of fused-ring (bicyclic) bond motifs is 1. The summed E-state index contributed by atoms with van der Waals surface area (Å²) in [5.41, 5.74) is 2.03. The molecule has 0 aromatic heterocycles. The van der Waals surface area contributed by atoms with Gasteiger partial charge in [-0.25, -0.2) is 8.42 Å². The molecule has 7 heteroatoms. The lowest BCUT2D eigenvalue weighted by Gasteiger charge is -2.24. The largest absolute Gasteiger partial charge is 0.479 e. The van der Waals surface area contributed by atoms with Crippen LogP contribution in [-0.2, 0) is 14.8 Å². The highest BCUT2D eigenvalue weighted by molar-refractivity contribution is 7.92. The van der Waals surface area contributed by atoms with Crippen LogP contribution in [0.3, 0.4) is 0 Å². The Morgan fingerprint density at radius 3 is 2.46 bits per heavy atom. The van der Waals surface area contributed by atoms with Gasteiger partial charge >= 0.3 is 0 Å². The summed E-state index contributed by atoms with van der Waals surface area (Å²) in [6.45, 7) is 1.66. The number of ether oxygens (including phenoxy) is 1. The molecule has 2 aromatic carbocycles. The van der Waals surface area contributed by atoms with Crippen molar-refractivity contribution in [2.75, 3.05) is 10.0 Å². The van der Waals surface area contributed by atoms with Crippen LogP contribution < -0.4 is 14.8 Å². The molecule has 4 rings (SSSR count). The lowest BCUT2D eigenvalue weighted by atomic mass is 9.84. The summed E-state index contributed by atoms with van der Waals surface area (Å²) in [5.74, 6) is 0.794. The highest BCUT2D eigenvalue weighted by Gasteiger charge is 2.24. The molecular formula is C21H24N2O4S. The minimum absolute atomic E-state index is 0.221. The van der Waals surface area contributed by atoms with Crippen molar-refractivity contribution in [2.24, 2.45) is 0 Å². The molecule has 6 nitrogen and oxygen atoms in total. The summed E-state index contributed by atoms with van der Waals surface area (Å²) in [4.78, 5) is 12.0. The van der Waals surface area contributed by atoms with Crippen LogP contribution in [0.5, 0.6) is 5.75 Å². The van der Waals surface area contributed by atoms with Gasteiger partial charge in [-0.05, 0) is 61.6 Å². The molecule has 0 saturated heterocycles. The van der Waals surface area contributed by atoms with Crippen molar-refractivity contribution in [3.63, 3.8) is 0 Å². The highest BCUT2D eigenvalue weighted by Crippen LogP contribution is 2.34. The van der Waals surface area contributed by atoms with E-state index in [0.29, 0.717) is 23.0 Å². The molecule has 2 N–H and O–H groups in total. The first-order valence-electron chi connectivity index (χ1n) is 9.67. The Bertz CT molecular complexity index is 980. The molecule has 1 unspecified atom stereocenters. The summed E-state index contributed by atoms with van der Waals surface area (Å²) in [5, 5.41) is 2.72. The SMILES string of the molecule is CC1Oc2ccc(NS(=O)(=O)c3ccc(C4CCCCC4)cc3)cc2NC1=O. The molecule has 28 heavy (non-hydrogen) atoms. The Hall–Kier alpha value is -2.54. The van der Waals surface area contributed by atoms with Gasteiger partial charge in [0.15, 0.2) is 6.10 Å². The van der Waals surface area contributed by atoms with Gasteiger partial charge < -0.3 is 10.1 Å². The summed E-state index contributed by atoms with van der Waals surface area (Å²) >= 11 is 0. The van der Waals surface area contributed by atoms with Crippen molar-refractivity contribution < 1.29 is 17.9 Å². The van der Waals surface area contributed by atoms with Gasteiger partial charge in [0.1, 0.15) is 5.75 Å². The molecule has 0 bridgehead atoms. The first-order valence-corrected chi connectivity index (χ1v) is 11.1. The summed E-state index contributed by atoms with van der Waals surface area (Å²) in [6.07, 6.45) is 5.54. The smallest absolute Gasteiger partial charge is 0.265 e. The van der Waals surface area contributed by atoms with E-state index in [-0.39, 0.29) is 10.8 Å². The van der Waals surface area contributed by atoms with Gasteiger partial charge in [-0.15, -0.1) is 0 Å². The molecule has 148 valence electrons. The van der Waals surface area contributed by atoms with E-state index in [4.69, 9.17) is 4.74 Å². The number of rotatable bonds is 4. The number of hydrogen-bond donors (Lipinski definition) is 2. The molecule has 0 spiro atoms. The third-order valence-corrected chi connectivity index (χ3v) is 6.83. The highest BCUT2D eigenvalue weighted by atomic mass is 32.2. The Morgan fingerprint density at radius 1 is 1.04 bits per heavy atom. The number of anilines is 2. The second-order valence-corrected chi connectivity index (χ2v) is 9.15. The van der Waals surface area contributed by atoms with E-state index in [1.165, 1.54) is 37.7 Å². The van der Waals surface area contributed by atoms with E-state index in [1.54, 1.807) is 37.3 Å². The number of benzene rings is 2.